The Morgan fingerprint density at radius 1 is 1.06 bits per heavy atom. The summed E-state index contributed by atoms with van der Waals surface area (Å²) in [7, 11) is 0. The SMILES string of the molecule is O=C(Nc1ccc(F)cc1Br)c1cccc(F)c1. The fourth-order valence-electron chi connectivity index (χ4n) is 1.42. The maximum Gasteiger partial charge on any atom is 0.255 e. The molecule has 2 rings (SSSR count). The zero-order valence-corrected chi connectivity index (χ0v) is 10.7. The van der Waals surface area contributed by atoms with Gasteiger partial charge in [-0.3, -0.25) is 4.79 Å². The lowest BCUT2D eigenvalue weighted by atomic mass is 10.2. The molecule has 1 N–H and O–H groups in total. The molecule has 0 aliphatic rings. The van der Waals surface area contributed by atoms with E-state index in [0.29, 0.717) is 10.2 Å². The monoisotopic (exact) mass is 311 g/mol. The molecule has 0 saturated heterocycles. The molecule has 0 bridgehead atoms. The second kappa shape index (κ2) is 5.27. The highest BCUT2D eigenvalue weighted by Gasteiger charge is 2.09. The number of rotatable bonds is 2. The van der Waals surface area contributed by atoms with Crippen LogP contribution in [0.4, 0.5) is 14.5 Å². The first-order chi connectivity index (χ1) is 8.56. The Morgan fingerprint density at radius 3 is 2.44 bits per heavy atom. The summed E-state index contributed by atoms with van der Waals surface area (Å²) >= 11 is 3.13. The van der Waals surface area contributed by atoms with E-state index in [0.717, 1.165) is 6.07 Å². The van der Waals surface area contributed by atoms with E-state index in [9.17, 15) is 13.6 Å². The topological polar surface area (TPSA) is 29.1 Å². The minimum Gasteiger partial charge on any atom is -0.321 e. The maximum atomic E-state index is 13.0. The molecule has 1 amide bonds. The Balaban J connectivity index is 2.21. The number of benzene rings is 2. The zero-order valence-electron chi connectivity index (χ0n) is 9.08. The van der Waals surface area contributed by atoms with Crippen molar-refractivity contribution < 1.29 is 13.6 Å². The number of hydrogen-bond donors (Lipinski definition) is 1. The number of carbonyl (C=O) groups excluding carboxylic acids is 1. The lowest BCUT2D eigenvalue weighted by Gasteiger charge is -2.07. The molecule has 0 heterocycles. The predicted octanol–water partition coefficient (Wildman–Crippen LogP) is 3.98. The molecule has 2 nitrogen and oxygen atoms in total. The van der Waals surface area contributed by atoms with E-state index in [-0.39, 0.29) is 5.56 Å². The first kappa shape index (κ1) is 12.7. The molecule has 0 aliphatic carbocycles. The first-order valence-corrected chi connectivity index (χ1v) is 5.87. The molecular formula is C13H8BrF2NO. The van der Waals surface area contributed by atoms with Crippen LogP contribution in [0.3, 0.4) is 0 Å². The van der Waals surface area contributed by atoms with Crippen LogP contribution in [0.1, 0.15) is 10.4 Å². The minimum atomic E-state index is -0.485. The summed E-state index contributed by atoms with van der Waals surface area (Å²) in [4.78, 5) is 11.8. The fraction of sp³-hybridized carbons (Fsp3) is 0. The van der Waals surface area contributed by atoms with Gasteiger partial charge in [0.25, 0.3) is 5.91 Å². The molecule has 2 aromatic carbocycles. The van der Waals surface area contributed by atoms with Gasteiger partial charge in [-0.2, -0.15) is 0 Å². The van der Waals surface area contributed by atoms with Crippen molar-refractivity contribution >= 4 is 27.5 Å². The van der Waals surface area contributed by atoms with Crippen LogP contribution in [0, 0.1) is 11.6 Å². The average molecular weight is 312 g/mol. The van der Waals surface area contributed by atoms with Gasteiger partial charge in [-0.15, -0.1) is 0 Å². The standard InChI is InChI=1S/C13H8BrF2NO/c14-11-7-10(16)4-5-12(11)17-13(18)8-2-1-3-9(15)6-8/h1-7H,(H,17,18). The summed E-state index contributed by atoms with van der Waals surface area (Å²) < 4.78 is 26.3. The summed E-state index contributed by atoms with van der Waals surface area (Å²) in [5, 5.41) is 2.56. The van der Waals surface area contributed by atoms with Crippen LogP contribution in [0.15, 0.2) is 46.9 Å². The molecule has 0 unspecified atom stereocenters. The van der Waals surface area contributed by atoms with Crippen LogP contribution in [0.2, 0.25) is 0 Å². The van der Waals surface area contributed by atoms with E-state index in [4.69, 9.17) is 0 Å². The summed E-state index contributed by atoms with van der Waals surface area (Å²) in [5.74, 6) is -1.35. The number of hydrogen-bond acceptors (Lipinski definition) is 1. The number of halogens is 3. The van der Waals surface area contributed by atoms with E-state index in [1.54, 1.807) is 0 Å². The lowest BCUT2D eigenvalue weighted by Crippen LogP contribution is -2.12. The van der Waals surface area contributed by atoms with Crippen molar-refractivity contribution in [2.45, 2.75) is 0 Å². The molecule has 0 saturated carbocycles. The van der Waals surface area contributed by atoms with Crippen molar-refractivity contribution in [1.82, 2.24) is 0 Å². The van der Waals surface area contributed by atoms with Crippen LogP contribution >= 0.6 is 15.9 Å². The van der Waals surface area contributed by atoms with Gasteiger partial charge in [-0.25, -0.2) is 8.78 Å². The lowest BCUT2D eigenvalue weighted by molar-refractivity contribution is 0.102. The highest BCUT2D eigenvalue weighted by Crippen LogP contribution is 2.23. The van der Waals surface area contributed by atoms with Crippen molar-refractivity contribution in [1.29, 1.82) is 0 Å². The van der Waals surface area contributed by atoms with Crippen LogP contribution < -0.4 is 5.32 Å². The molecule has 0 radical (unpaired) electrons. The van der Waals surface area contributed by atoms with Crippen LogP contribution in [0.25, 0.3) is 0 Å². The van der Waals surface area contributed by atoms with Gasteiger partial charge in [0.2, 0.25) is 0 Å². The summed E-state index contributed by atoms with van der Waals surface area (Å²) in [6, 6.07) is 9.22. The fourth-order valence-corrected chi connectivity index (χ4v) is 1.87. The van der Waals surface area contributed by atoms with E-state index in [1.165, 1.54) is 36.4 Å². The van der Waals surface area contributed by atoms with E-state index in [1.807, 2.05) is 0 Å². The van der Waals surface area contributed by atoms with Crippen molar-refractivity contribution in [2.24, 2.45) is 0 Å². The van der Waals surface area contributed by atoms with Gasteiger partial charge < -0.3 is 5.32 Å². The minimum absolute atomic E-state index is 0.200. The maximum absolute atomic E-state index is 13.0. The molecule has 0 aliphatic heterocycles. The predicted molar refractivity (Wildman–Crippen MR) is 68.5 cm³/mol. The number of nitrogens with one attached hydrogen (secondary N) is 1. The second-order valence-corrected chi connectivity index (χ2v) is 4.44. The van der Waals surface area contributed by atoms with Crippen molar-refractivity contribution in [3.8, 4) is 0 Å². The zero-order chi connectivity index (χ0) is 13.1. The Hall–Kier alpha value is -1.75. The highest BCUT2D eigenvalue weighted by atomic mass is 79.9. The Kier molecular flexibility index (Phi) is 3.72. The number of carbonyl (C=O) groups is 1. The van der Waals surface area contributed by atoms with E-state index < -0.39 is 17.5 Å². The molecule has 0 aromatic heterocycles. The third-order valence-electron chi connectivity index (χ3n) is 2.27. The Labute approximate surface area is 111 Å². The third-order valence-corrected chi connectivity index (χ3v) is 2.92. The first-order valence-electron chi connectivity index (χ1n) is 5.08. The average Bonchev–Trinajstić information content (AvgIpc) is 2.32. The molecule has 0 atom stereocenters. The summed E-state index contributed by atoms with van der Waals surface area (Å²) in [6.45, 7) is 0. The molecule has 5 heteroatoms. The molecule has 2 aromatic rings. The molecular weight excluding hydrogens is 304 g/mol. The van der Waals surface area contributed by atoms with Gasteiger partial charge in [0.15, 0.2) is 0 Å². The molecule has 92 valence electrons. The van der Waals surface area contributed by atoms with E-state index >= 15 is 0 Å². The van der Waals surface area contributed by atoms with Gasteiger partial charge in [0.1, 0.15) is 11.6 Å². The quantitative estimate of drug-likeness (QED) is 0.893. The second-order valence-electron chi connectivity index (χ2n) is 3.59. The number of amides is 1. The third kappa shape index (κ3) is 2.92. The largest absolute Gasteiger partial charge is 0.321 e. The summed E-state index contributed by atoms with van der Waals surface area (Å²) in [5.41, 5.74) is 0.622. The normalized spacial score (nSPS) is 10.2. The van der Waals surface area contributed by atoms with Crippen molar-refractivity contribution in [2.75, 3.05) is 5.32 Å². The van der Waals surface area contributed by atoms with E-state index in [2.05, 4.69) is 21.2 Å². The van der Waals surface area contributed by atoms with Crippen molar-refractivity contribution in [3.63, 3.8) is 0 Å². The van der Waals surface area contributed by atoms with Gasteiger partial charge in [0, 0.05) is 10.0 Å². The Bertz CT molecular complexity index is 601. The Morgan fingerprint density at radius 2 is 1.78 bits per heavy atom. The number of anilines is 1. The van der Waals surface area contributed by atoms with Crippen LogP contribution in [-0.2, 0) is 0 Å². The molecule has 0 spiro atoms. The highest BCUT2D eigenvalue weighted by molar-refractivity contribution is 9.10. The van der Waals surface area contributed by atoms with Gasteiger partial charge in [-0.05, 0) is 52.3 Å². The van der Waals surface area contributed by atoms with Gasteiger partial charge in [-0.1, -0.05) is 6.07 Å². The summed E-state index contributed by atoms with van der Waals surface area (Å²) in [6.07, 6.45) is 0. The van der Waals surface area contributed by atoms with Crippen molar-refractivity contribution in [3.05, 3.63) is 64.1 Å². The smallest absolute Gasteiger partial charge is 0.255 e. The van der Waals surface area contributed by atoms with Gasteiger partial charge in [0.05, 0.1) is 5.69 Å². The van der Waals surface area contributed by atoms with Crippen LogP contribution in [0.5, 0.6) is 0 Å². The molecule has 18 heavy (non-hydrogen) atoms. The molecule has 0 fully saturated rings. The van der Waals surface area contributed by atoms with Gasteiger partial charge >= 0.3 is 0 Å². The van der Waals surface area contributed by atoms with Crippen LogP contribution in [-0.4, -0.2) is 5.91 Å².